The summed E-state index contributed by atoms with van der Waals surface area (Å²) in [6.45, 7) is 18.3. The van der Waals surface area contributed by atoms with E-state index in [9.17, 15) is 0 Å². The minimum atomic E-state index is 0.0945. The smallest absolute Gasteiger partial charge is 0.0418 e. The first-order valence-electron chi connectivity index (χ1n) is 7.49. The second kappa shape index (κ2) is 5.70. The molecule has 0 aromatic rings. The van der Waals surface area contributed by atoms with E-state index in [4.69, 9.17) is 0 Å². The highest BCUT2D eigenvalue weighted by Gasteiger charge is 2.50. The van der Waals surface area contributed by atoms with Crippen molar-refractivity contribution >= 4 is 0 Å². The Morgan fingerprint density at radius 2 is 1.79 bits per heavy atom. The maximum absolute atomic E-state index is 3.51. The summed E-state index contributed by atoms with van der Waals surface area (Å²) in [6, 6.07) is 0. The third-order valence-corrected chi connectivity index (χ3v) is 4.65. The standard InChI is InChI=1S/C17H32N2/c1-9-11-18-19-16(5,6)12-14(4)15(13(3)10-2)17(19,7)8/h9-11,14-15,18H,12H2,1-8H3. The number of hydrazine groups is 1. The van der Waals surface area contributed by atoms with Crippen LogP contribution in [-0.2, 0) is 0 Å². The summed E-state index contributed by atoms with van der Waals surface area (Å²) in [5.74, 6) is 1.29. The van der Waals surface area contributed by atoms with Crippen LogP contribution in [0.4, 0.5) is 0 Å². The predicted octanol–water partition coefficient (Wildman–Crippen LogP) is 4.51. The molecule has 1 N–H and O–H groups in total. The van der Waals surface area contributed by atoms with E-state index in [-0.39, 0.29) is 11.1 Å². The molecule has 0 aromatic carbocycles. The summed E-state index contributed by atoms with van der Waals surface area (Å²) in [5, 5.41) is 2.44. The fraction of sp³-hybridized carbons (Fsp3) is 0.765. The Balaban J connectivity index is 3.19. The van der Waals surface area contributed by atoms with Crippen molar-refractivity contribution in [2.75, 3.05) is 0 Å². The molecule has 2 atom stereocenters. The Kier molecular flexibility index (Phi) is 4.89. The van der Waals surface area contributed by atoms with Crippen LogP contribution in [0.25, 0.3) is 0 Å². The Morgan fingerprint density at radius 3 is 2.26 bits per heavy atom. The van der Waals surface area contributed by atoms with Crippen LogP contribution in [0.2, 0.25) is 0 Å². The normalized spacial score (nSPS) is 31.7. The van der Waals surface area contributed by atoms with Gasteiger partial charge in [0.2, 0.25) is 0 Å². The predicted molar refractivity (Wildman–Crippen MR) is 84.6 cm³/mol. The molecule has 0 aliphatic carbocycles. The molecule has 0 aromatic heterocycles. The highest BCUT2D eigenvalue weighted by molar-refractivity contribution is 5.16. The van der Waals surface area contributed by atoms with Crippen LogP contribution in [0.5, 0.6) is 0 Å². The molecule has 0 radical (unpaired) electrons. The van der Waals surface area contributed by atoms with E-state index < -0.39 is 0 Å². The van der Waals surface area contributed by atoms with E-state index in [1.165, 1.54) is 12.0 Å². The van der Waals surface area contributed by atoms with Crippen molar-refractivity contribution in [2.45, 2.75) is 72.9 Å². The first-order chi connectivity index (χ1) is 8.68. The number of nitrogens with one attached hydrogen (secondary N) is 1. The van der Waals surface area contributed by atoms with Crippen molar-refractivity contribution in [2.24, 2.45) is 11.8 Å². The summed E-state index contributed by atoms with van der Waals surface area (Å²) >= 11 is 0. The van der Waals surface area contributed by atoms with Gasteiger partial charge >= 0.3 is 0 Å². The fourth-order valence-corrected chi connectivity index (χ4v) is 4.29. The Hall–Kier alpha value is -0.760. The number of piperidine rings is 1. The molecule has 1 fully saturated rings. The molecule has 110 valence electrons. The highest BCUT2D eigenvalue weighted by atomic mass is 15.6. The van der Waals surface area contributed by atoms with Gasteiger partial charge in [0.25, 0.3) is 0 Å². The maximum Gasteiger partial charge on any atom is 0.0418 e. The first kappa shape index (κ1) is 16.3. The summed E-state index contributed by atoms with van der Waals surface area (Å²) < 4.78 is 0. The van der Waals surface area contributed by atoms with Gasteiger partial charge in [0.05, 0.1) is 0 Å². The van der Waals surface area contributed by atoms with Crippen molar-refractivity contribution in [1.82, 2.24) is 10.4 Å². The second-order valence-electron chi connectivity index (χ2n) is 7.12. The van der Waals surface area contributed by atoms with Crippen LogP contribution >= 0.6 is 0 Å². The van der Waals surface area contributed by atoms with E-state index in [2.05, 4.69) is 71.1 Å². The number of nitrogens with zero attached hydrogens (tertiary/aromatic N) is 1. The molecule has 1 rings (SSSR count). The van der Waals surface area contributed by atoms with Gasteiger partial charge in [0.15, 0.2) is 0 Å². The quantitative estimate of drug-likeness (QED) is 0.755. The van der Waals surface area contributed by atoms with Crippen molar-refractivity contribution in [1.29, 1.82) is 0 Å². The zero-order valence-electron chi connectivity index (χ0n) is 14.0. The largest absolute Gasteiger partial charge is 0.325 e. The highest BCUT2D eigenvalue weighted by Crippen LogP contribution is 2.46. The van der Waals surface area contributed by atoms with E-state index in [1.807, 2.05) is 13.1 Å². The van der Waals surface area contributed by atoms with Gasteiger partial charge in [-0.15, -0.1) is 0 Å². The zero-order chi connectivity index (χ0) is 14.8. The summed E-state index contributed by atoms with van der Waals surface area (Å²) in [4.78, 5) is 0. The molecule has 2 unspecified atom stereocenters. The second-order valence-corrected chi connectivity index (χ2v) is 7.12. The molecule has 0 spiro atoms. The number of allylic oxidation sites excluding steroid dienone is 2. The van der Waals surface area contributed by atoms with Gasteiger partial charge in [-0.05, 0) is 60.8 Å². The summed E-state index contributed by atoms with van der Waals surface area (Å²) in [7, 11) is 0. The average molecular weight is 264 g/mol. The van der Waals surface area contributed by atoms with Gasteiger partial charge in [-0.2, -0.15) is 0 Å². The number of hydrogen-bond donors (Lipinski definition) is 1. The molecule has 0 saturated carbocycles. The average Bonchev–Trinajstić information content (AvgIpc) is 2.26. The lowest BCUT2D eigenvalue weighted by Crippen LogP contribution is -2.68. The maximum atomic E-state index is 3.51. The number of rotatable bonds is 3. The molecular weight excluding hydrogens is 232 g/mol. The van der Waals surface area contributed by atoms with Crippen molar-refractivity contribution in [3.8, 4) is 0 Å². The Labute approximate surface area is 119 Å². The molecule has 1 saturated heterocycles. The van der Waals surface area contributed by atoms with Crippen LogP contribution in [-0.4, -0.2) is 16.1 Å². The lowest BCUT2D eigenvalue weighted by Gasteiger charge is -2.58. The third kappa shape index (κ3) is 3.05. The fourth-order valence-electron chi connectivity index (χ4n) is 4.29. The lowest BCUT2D eigenvalue weighted by atomic mass is 9.65. The molecule has 1 heterocycles. The van der Waals surface area contributed by atoms with Gasteiger partial charge in [-0.1, -0.05) is 24.6 Å². The van der Waals surface area contributed by atoms with Gasteiger partial charge < -0.3 is 5.43 Å². The summed E-state index contributed by atoms with van der Waals surface area (Å²) in [5.41, 5.74) is 5.26. The van der Waals surface area contributed by atoms with E-state index in [0.29, 0.717) is 11.8 Å². The van der Waals surface area contributed by atoms with Crippen LogP contribution in [0.1, 0.15) is 61.8 Å². The molecule has 1 aliphatic rings. The van der Waals surface area contributed by atoms with Gasteiger partial charge in [-0.3, -0.25) is 0 Å². The molecule has 2 nitrogen and oxygen atoms in total. The Morgan fingerprint density at radius 1 is 1.21 bits per heavy atom. The topological polar surface area (TPSA) is 15.3 Å². The zero-order valence-corrected chi connectivity index (χ0v) is 14.0. The molecular formula is C17H32N2. The minimum Gasteiger partial charge on any atom is -0.325 e. The van der Waals surface area contributed by atoms with Gasteiger partial charge in [0, 0.05) is 23.2 Å². The molecule has 0 bridgehead atoms. The SMILES string of the molecule is CC=CNN1C(C)(C)CC(C)C(C(C)=CC)C1(C)C. The number of hydrogen-bond acceptors (Lipinski definition) is 2. The van der Waals surface area contributed by atoms with Crippen molar-refractivity contribution in [3.05, 3.63) is 23.9 Å². The van der Waals surface area contributed by atoms with Crippen LogP contribution in [0.15, 0.2) is 23.9 Å². The van der Waals surface area contributed by atoms with Gasteiger partial charge in [-0.25, -0.2) is 5.01 Å². The molecule has 0 amide bonds. The monoisotopic (exact) mass is 264 g/mol. The first-order valence-corrected chi connectivity index (χ1v) is 7.49. The molecule has 19 heavy (non-hydrogen) atoms. The third-order valence-electron chi connectivity index (χ3n) is 4.65. The molecule has 1 aliphatic heterocycles. The van der Waals surface area contributed by atoms with Crippen LogP contribution < -0.4 is 5.43 Å². The van der Waals surface area contributed by atoms with E-state index in [1.54, 1.807) is 0 Å². The van der Waals surface area contributed by atoms with Gasteiger partial charge in [0.1, 0.15) is 0 Å². The Bertz CT molecular complexity index is 363. The minimum absolute atomic E-state index is 0.0945. The summed E-state index contributed by atoms with van der Waals surface area (Å²) in [6.07, 6.45) is 7.58. The molecule has 2 heteroatoms. The van der Waals surface area contributed by atoms with E-state index >= 15 is 0 Å². The van der Waals surface area contributed by atoms with Crippen molar-refractivity contribution < 1.29 is 0 Å². The van der Waals surface area contributed by atoms with Crippen LogP contribution in [0.3, 0.4) is 0 Å². The van der Waals surface area contributed by atoms with Crippen molar-refractivity contribution in [3.63, 3.8) is 0 Å². The van der Waals surface area contributed by atoms with E-state index in [0.717, 1.165) is 0 Å². The lowest BCUT2D eigenvalue weighted by molar-refractivity contribution is -0.104. The van der Waals surface area contributed by atoms with Crippen LogP contribution in [0, 0.1) is 11.8 Å².